The topological polar surface area (TPSA) is 29.5 Å². The molecule has 1 heterocycles. The highest BCUT2D eigenvalue weighted by molar-refractivity contribution is 6.25. The lowest BCUT2D eigenvalue weighted by molar-refractivity contribution is 0.0713. The number of carbonyl (C=O) groups is 1. The van der Waals surface area contributed by atoms with Crippen LogP contribution in [0, 0.1) is 0 Å². The Morgan fingerprint density at radius 1 is 1.50 bits per heavy atom. The number of fused-ring (bicyclic) bond motifs is 4. The summed E-state index contributed by atoms with van der Waals surface area (Å²) in [7, 11) is 1.66. The van der Waals surface area contributed by atoms with Gasteiger partial charge in [0.05, 0.1) is 13.2 Å². The highest BCUT2D eigenvalue weighted by atomic mass is 35.5. The number of carbonyl (C=O) groups excluding carboxylic acids is 1. The van der Waals surface area contributed by atoms with Crippen LogP contribution in [0.3, 0.4) is 0 Å². The Labute approximate surface area is 124 Å². The summed E-state index contributed by atoms with van der Waals surface area (Å²) in [5, 5.41) is 0. The Hall–Kier alpha value is -1.32. The van der Waals surface area contributed by atoms with Crippen molar-refractivity contribution in [2.24, 2.45) is 0 Å². The molecule has 0 spiro atoms. The normalized spacial score (nSPS) is 25.8. The summed E-state index contributed by atoms with van der Waals surface area (Å²) in [4.78, 5) is 14.9. The van der Waals surface area contributed by atoms with Gasteiger partial charge < -0.3 is 4.74 Å². The number of rotatable bonds is 3. The lowest BCUT2D eigenvalue weighted by atomic mass is 9.74. The Morgan fingerprint density at radius 3 is 3.10 bits per heavy atom. The summed E-state index contributed by atoms with van der Waals surface area (Å²) in [6.07, 6.45) is 3.90. The van der Waals surface area contributed by atoms with Crippen LogP contribution >= 0.6 is 11.6 Å². The van der Waals surface area contributed by atoms with E-state index in [4.69, 9.17) is 16.3 Å². The van der Waals surface area contributed by atoms with E-state index in [0.717, 1.165) is 42.8 Å². The molecule has 0 N–H and O–H groups in total. The number of methoxy groups -OCH3 is 1. The molecule has 2 aliphatic rings. The van der Waals surface area contributed by atoms with Gasteiger partial charge in [-0.3, -0.25) is 9.69 Å². The van der Waals surface area contributed by atoms with Crippen molar-refractivity contribution in [1.29, 1.82) is 0 Å². The van der Waals surface area contributed by atoms with Crippen molar-refractivity contribution in [3.63, 3.8) is 0 Å². The molecule has 0 amide bonds. The van der Waals surface area contributed by atoms with E-state index >= 15 is 0 Å². The Bertz CT molecular complexity index is 555. The molecule has 3 rings (SSSR count). The quantitative estimate of drug-likeness (QED) is 0.856. The molecule has 1 aromatic rings. The van der Waals surface area contributed by atoms with Gasteiger partial charge in [0.25, 0.3) is 0 Å². The van der Waals surface area contributed by atoms with Crippen LogP contribution in [-0.4, -0.2) is 36.9 Å². The molecule has 2 unspecified atom stereocenters. The first-order chi connectivity index (χ1) is 9.74. The van der Waals surface area contributed by atoms with Crippen molar-refractivity contribution in [2.75, 3.05) is 20.2 Å². The number of nitrogens with zero attached hydrogens (tertiary/aromatic N) is 1. The van der Waals surface area contributed by atoms with E-state index < -0.39 is 0 Å². The molecule has 2 bridgehead atoms. The van der Waals surface area contributed by atoms with Crippen LogP contribution in [0.25, 0.3) is 0 Å². The van der Waals surface area contributed by atoms with Crippen LogP contribution in [0.5, 0.6) is 5.75 Å². The van der Waals surface area contributed by atoms with Crippen LogP contribution in [-0.2, 0) is 0 Å². The third kappa shape index (κ3) is 2.25. The number of ether oxygens (including phenoxy) is 1. The van der Waals surface area contributed by atoms with Crippen LogP contribution in [0.15, 0.2) is 29.8 Å². The standard InChI is InChI=1S/C16H18ClNO2/c1-20-12-3-4-13-14(10-12)11-5-8-18(7-2-6-17)15(9-11)16(13)19/h2-4,6,10-11,15H,5,7-9H2,1H3. The van der Waals surface area contributed by atoms with Gasteiger partial charge in [0.1, 0.15) is 5.75 Å². The molecule has 4 heteroatoms. The molecule has 1 saturated heterocycles. The predicted octanol–water partition coefficient (Wildman–Crippen LogP) is 3.19. The van der Waals surface area contributed by atoms with Gasteiger partial charge in [-0.25, -0.2) is 0 Å². The van der Waals surface area contributed by atoms with E-state index in [2.05, 4.69) is 4.90 Å². The minimum absolute atomic E-state index is 0.00233. The fourth-order valence-electron chi connectivity index (χ4n) is 3.37. The maximum atomic E-state index is 12.7. The van der Waals surface area contributed by atoms with Gasteiger partial charge in [-0.05, 0) is 49.1 Å². The van der Waals surface area contributed by atoms with Gasteiger partial charge in [-0.15, -0.1) is 0 Å². The molecule has 1 fully saturated rings. The van der Waals surface area contributed by atoms with Crippen molar-refractivity contribution in [3.8, 4) is 5.75 Å². The first kappa shape index (κ1) is 13.7. The summed E-state index contributed by atoms with van der Waals surface area (Å²) < 4.78 is 5.28. The van der Waals surface area contributed by atoms with Crippen molar-refractivity contribution >= 4 is 17.4 Å². The summed E-state index contributed by atoms with van der Waals surface area (Å²) in [6, 6.07) is 5.82. The number of piperidine rings is 1. The highest BCUT2D eigenvalue weighted by Crippen LogP contribution is 2.41. The van der Waals surface area contributed by atoms with E-state index in [1.54, 1.807) is 7.11 Å². The van der Waals surface area contributed by atoms with E-state index in [0.29, 0.717) is 5.92 Å². The lowest BCUT2D eigenvalue weighted by Crippen LogP contribution is -2.49. The minimum Gasteiger partial charge on any atom is -0.497 e. The second-order valence-corrected chi connectivity index (χ2v) is 5.66. The predicted molar refractivity (Wildman–Crippen MR) is 79.7 cm³/mol. The van der Waals surface area contributed by atoms with E-state index in [1.165, 1.54) is 5.54 Å². The number of ketones is 1. The lowest BCUT2D eigenvalue weighted by Gasteiger charge is -2.42. The summed E-state index contributed by atoms with van der Waals surface area (Å²) in [6.45, 7) is 1.69. The van der Waals surface area contributed by atoms with Crippen molar-refractivity contribution < 1.29 is 9.53 Å². The largest absolute Gasteiger partial charge is 0.497 e. The average Bonchev–Trinajstić information content (AvgIpc) is 2.50. The number of Topliss-reactive ketones (excluding diaryl/α,β-unsaturated/α-hetero) is 1. The Morgan fingerprint density at radius 2 is 2.35 bits per heavy atom. The van der Waals surface area contributed by atoms with Crippen LogP contribution < -0.4 is 4.74 Å². The van der Waals surface area contributed by atoms with E-state index in [-0.39, 0.29) is 11.8 Å². The maximum absolute atomic E-state index is 12.7. The molecule has 3 nitrogen and oxygen atoms in total. The molecule has 1 aliphatic carbocycles. The monoisotopic (exact) mass is 291 g/mol. The summed E-state index contributed by atoms with van der Waals surface area (Å²) in [5.41, 5.74) is 3.56. The van der Waals surface area contributed by atoms with Gasteiger partial charge in [0.15, 0.2) is 5.78 Å². The summed E-state index contributed by atoms with van der Waals surface area (Å²) in [5.74, 6) is 1.54. The molecular weight excluding hydrogens is 274 g/mol. The molecule has 2 atom stereocenters. The Kier molecular flexibility index (Phi) is 3.81. The van der Waals surface area contributed by atoms with Crippen molar-refractivity contribution in [3.05, 3.63) is 40.9 Å². The fourth-order valence-corrected chi connectivity index (χ4v) is 3.45. The van der Waals surface area contributed by atoms with Crippen LogP contribution in [0.1, 0.15) is 34.7 Å². The zero-order chi connectivity index (χ0) is 14.1. The van der Waals surface area contributed by atoms with Crippen molar-refractivity contribution in [2.45, 2.75) is 24.8 Å². The number of benzene rings is 1. The zero-order valence-electron chi connectivity index (χ0n) is 11.5. The van der Waals surface area contributed by atoms with Gasteiger partial charge in [-0.2, -0.15) is 0 Å². The first-order valence-corrected chi connectivity index (χ1v) is 7.39. The van der Waals surface area contributed by atoms with Gasteiger partial charge in [-0.1, -0.05) is 17.7 Å². The van der Waals surface area contributed by atoms with Crippen molar-refractivity contribution in [1.82, 2.24) is 4.90 Å². The fraction of sp³-hybridized carbons (Fsp3) is 0.438. The molecule has 1 aliphatic heterocycles. The molecule has 106 valence electrons. The summed E-state index contributed by atoms with van der Waals surface area (Å²) >= 11 is 5.60. The Balaban J connectivity index is 1.93. The van der Waals surface area contributed by atoms with Gasteiger partial charge >= 0.3 is 0 Å². The third-order valence-corrected chi connectivity index (χ3v) is 4.59. The van der Waals surface area contributed by atoms with Crippen LogP contribution in [0.4, 0.5) is 0 Å². The van der Waals surface area contributed by atoms with E-state index in [1.807, 2.05) is 24.3 Å². The number of hydrogen-bond donors (Lipinski definition) is 0. The second kappa shape index (κ2) is 5.58. The number of likely N-dealkylation sites (tertiary alicyclic amines) is 1. The number of halogens is 1. The molecule has 0 aromatic heterocycles. The molecule has 0 saturated carbocycles. The molecule has 0 radical (unpaired) electrons. The maximum Gasteiger partial charge on any atom is 0.180 e. The molecule has 20 heavy (non-hydrogen) atoms. The molecule has 1 aromatic carbocycles. The average molecular weight is 292 g/mol. The van der Waals surface area contributed by atoms with E-state index in [9.17, 15) is 4.79 Å². The highest BCUT2D eigenvalue weighted by Gasteiger charge is 2.40. The second-order valence-electron chi connectivity index (χ2n) is 5.41. The van der Waals surface area contributed by atoms with Gasteiger partial charge in [0, 0.05) is 17.6 Å². The zero-order valence-corrected chi connectivity index (χ0v) is 12.3. The van der Waals surface area contributed by atoms with Crippen LogP contribution in [0.2, 0.25) is 0 Å². The molecular formula is C16H18ClNO2. The number of hydrogen-bond acceptors (Lipinski definition) is 3. The smallest absolute Gasteiger partial charge is 0.180 e. The van der Waals surface area contributed by atoms with Gasteiger partial charge in [0.2, 0.25) is 0 Å². The minimum atomic E-state index is 0.00233. The first-order valence-electron chi connectivity index (χ1n) is 6.96. The third-order valence-electron chi connectivity index (χ3n) is 4.41. The SMILES string of the molecule is COc1ccc2c(c1)C1CCN(CC=CCl)C(C1)C2=O.